The average Bonchev–Trinajstić information content (AvgIpc) is 2.70. The number of ether oxygens (including phenoxy) is 1. The van der Waals surface area contributed by atoms with Crippen molar-refractivity contribution in [2.45, 2.75) is 45.1 Å². The Labute approximate surface area is 172 Å². The Morgan fingerprint density at radius 3 is 2.76 bits per heavy atom. The zero-order valence-corrected chi connectivity index (χ0v) is 17.8. The first-order chi connectivity index (χ1) is 13.9. The first-order valence-electron chi connectivity index (χ1n) is 10.2. The molecule has 7 nitrogen and oxygen atoms in total. The molecule has 3 N–H and O–H groups in total. The third-order valence-corrected chi connectivity index (χ3v) is 5.11. The summed E-state index contributed by atoms with van der Waals surface area (Å²) >= 11 is 0. The lowest BCUT2D eigenvalue weighted by molar-refractivity contribution is -0.123. The maximum atomic E-state index is 14.5. The minimum absolute atomic E-state index is 0.146. The van der Waals surface area contributed by atoms with E-state index in [9.17, 15) is 14.0 Å². The van der Waals surface area contributed by atoms with Gasteiger partial charge in [-0.1, -0.05) is 19.9 Å². The molecule has 1 fully saturated rings. The summed E-state index contributed by atoms with van der Waals surface area (Å²) in [5.74, 6) is 0.0672. The molecule has 1 aliphatic heterocycles. The van der Waals surface area contributed by atoms with Crippen LogP contribution >= 0.6 is 0 Å². The normalized spacial score (nSPS) is 17.7. The van der Waals surface area contributed by atoms with Crippen LogP contribution in [0.25, 0.3) is 0 Å². The van der Waals surface area contributed by atoms with Gasteiger partial charge in [0.1, 0.15) is 17.6 Å². The molecule has 0 aliphatic carbocycles. The van der Waals surface area contributed by atoms with E-state index in [2.05, 4.69) is 16.0 Å². The second kappa shape index (κ2) is 11.0. The maximum Gasteiger partial charge on any atom is 0.318 e. The molecule has 0 bridgehead atoms. The largest absolute Gasteiger partial charge is 0.496 e. The predicted molar refractivity (Wildman–Crippen MR) is 110 cm³/mol. The van der Waals surface area contributed by atoms with Gasteiger partial charge in [-0.3, -0.25) is 4.79 Å². The molecule has 1 aromatic rings. The molecule has 1 aliphatic rings. The van der Waals surface area contributed by atoms with Gasteiger partial charge >= 0.3 is 6.03 Å². The highest BCUT2D eigenvalue weighted by Crippen LogP contribution is 2.35. The fourth-order valence-corrected chi connectivity index (χ4v) is 3.73. The summed E-state index contributed by atoms with van der Waals surface area (Å²) in [5.41, 5.74) is 0.512. The van der Waals surface area contributed by atoms with Crippen LogP contribution in [0.2, 0.25) is 0 Å². The summed E-state index contributed by atoms with van der Waals surface area (Å²) in [4.78, 5) is 27.0. The van der Waals surface area contributed by atoms with E-state index in [1.807, 2.05) is 13.8 Å². The highest BCUT2D eigenvalue weighted by atomic mass is 19.1. The van der Waals surface area contributed by atoms with Gasteiger partial charge in [-0.15, -0.1) is 0 Å². The first kappa shape index (κ1) is 22.9. The van der Waals surface area contributed by atoms with Crippen LogP contribution in [0, 0.1) is 11.7 Å². The summed E-state index contributed by atoms with van der Waals surface area (Å²) in [7, 11) is 3.26. The van der Waals surface area contributed by atoms with Crippen LogP contribution in [0.15, 0.2) is 18.2 Å². The first-order valence-corrected chi connectivity index (χ1v) is 10.2. The van der Waals surface area contributed by atoms with Gasteiger partial charge in [0.25, 0.3) is 0 Å². The van der Waals surface area contributed by atoms with Crippen molar-refractivity contribution in [3.8, 4) is 5.75 Å². The third-order valence-electron chi connectivity index (χ3n) is 5.11. The lowest BCUT2D eigenvalue weighted by Gasteiger charge is -2.34. The highest BCUT2D eigenvalue weighted by Gasteiger charge is 2.31. The Hall–Kier alpha value is -2.35. The van der Waals surface area contributed by atoms with Gasteiger partial charge in [0, 0.05) is 24.6 Å². The zero-order valence-electron chi connectivity index (χ0n) is 17.8. The monoisotopic (exact) mass is 408 g/mol. The molecule has 3 amide bonds. The number of piperidine rings is 1. The fourth-order valence-electron chi connectivity index (χ4n) is 3.73. The number of methoxy groups -OCH3 is 1. The van der Waals surface area contributed by atoms with Gasteiger partial charge in [0.05, 0.1) is 13.8 Å². The number of carbonyl (C=O) groups excluding carboxylic acids is 2. The number of hydrogen-bond acceptors (Lipinski definition) is 4. The molecule has 0 spiro atoms. The molecule has 0 radical (unpaired) electrons. The molecule has 2 atom stereocenters. The van der Waals surface area contributed by atoms with Crippen molar-refractivity contribution in [1.29, 1.82) is 0 Å². The Morgan fingerprint density at radius 1 is 1.34 bits per heavy atom. The molecule has 2 unspecified atom stereocenters. The van der Waals surface area contributed by atoms with E-state index in [1.54, 1.807) is 24.1 Å². The van der Waals surface area contributed by atoms with Gasteiger partial charge in [-0.05, 0) is 44.4 Å². The molecule has 29 heavy (non-hydrogen) atoms. The number of hydrogen-bond donors (Lipinski definition) is 3. The van der Waals surface area contributed by atoms with Gasteiger partial charge in [-0.25, -0.2) is 9.18 Å². The number of urea groups is 1. The molecule has 0 saturated carbocycles. The van der Waals surface area contributed by atoms with Crippen molar-refractivity contribution in [1.82, 2.24) is 20.9 Å². The molecule has 1 saturated heterocycles. The Bertz CT molecular complexity index is 699. The second-order valence-corrected chi connectivity index (χ2v) is 7.84. The SMILES string of the molecule is CNCNC(=O)C(CC(C)C)NC(=O)N1CCCC(c2c(F)cccc2OC)C1. The maximum absolute atomic E-state index is 14.5. The van der Waals surface area contributed by atoms with Gasteiger partial charge < -0.3 is 25.6 Å². The number of rotatable bonds is 8. The molecule has 1 heterocycles. The summed E-state index contributed by atoms with van der Waals surface area (Å²) in [6.45, 7) is 5.31. The molecule has 1 aromatic carbocycles. The van der Waals surface area contributed by atoms with Crippen LogP contribution in [0.3, 0.4) is 0 Å². The van der Waals surface area contributed by atoms with E-state index >= 15 is 0 Å². The van der Waals surface area contributed by atoms with Crippen LogP contribution in [0.5, 0.6) is 5.75 Å². The Kier molecular flexibility index (Phi) is 8.70. The van der Waals surface area contributed by atoms with Crippen molar-refractivity contribution in [3.05, 3.63) is 29.6 Å². The Morgan fingerprint density at radius 2 is 2.10 bits per heavy atom. The summed E-state index contributed by atoms with van der Waals surface area (Å²) in [5, 5.41) is 8.48. The minimum Gasteiger partial charge on any atom is -0.496 e. The molecule has 0 aromatic heterocycles. The van der Waals surface area contributed by atoms with Gasteiger partial charge in [0.2, 0.25) is 5.91 Å². The number of halogens is 1. The van der Waals surface area contributed by atoms with Crippen molar-refractivity contribution in [2.75, 3.05) is 33.9 Å². The van der Waals surface area contributed by atoms with E-state index in [1.165, 1.54) is 13.2 Å². The highest BCUT2D eigenvalue weighted by molar-refractivity contribution is 5.87. The van der Waals surface area contributed by atoms with Crippen molar-refractivity contribution >= 4 is 11.9 Å². The molecule has 8 heteroatoms. The van der Waals surface area contributed by atoms with Crippen LogP contribution < -0.4 is 20.7 Å². The topological polar surface area (TPSA) is 82.7 Å². The summed E-state index contributed by atoms with van der Waals surface area (Å²) in [6.07, 6.45) is 2.08. The molecule has 2 rings (SSSR count). The third kappa shape index (κ3) is 6.32. The number of nitrogens with one attached hydrogen (secondary N) is 3. The molecular weight excluding hydrogens is 375 g/mol. The number of likely N-dealkylation sites (tertiary alicyclic amines) is 1. The standard InChI is InChI=1S/C21H33FN4O3/c1-14(2)11-17(20(27)24-13-23-3)25-21(28)26-10-6-7-15(12-26)19-16(22)8-5-9-18(19)29-4/h5,8-9,14-15,17,23H,6-7,10-13H2,1-4H3,(H,24,27)(H,25,28). The smallest absolute Gasteiger partial charge is 0.318 e. The van der Waals surface area contributed by atoms with E-state index in [0.29, 0.717) is 37.5 Å². The van der Waals surface area contributed by atoms with Crippen LogP contribution in [-0.4, -0.2) is 56.8 Å². The quantitative estimate of drug-likeness (QED) is 0.577. The Balaban J connectivity index is 2.09. The number of nitrogens with zero attached hydrogens (tertiary/aromatic N) is 1. The lowest BCUT2D eigenvalue weighted by atomic mass is 9.89. The van der Waals surface area contributed by atoms with Crippen molar-refractivity contribution in [2.24, 2.45) is 5.92 Å². The van der Waals surface area contributed by atoms with E-state index in [0.717, 1.165) is 12.8 Å². The molecular formula is C21H33FN4O3. The average molecular weight is 409 g/mol. The van der Waals surface area contributed by atoms with Crippen LogP contribution in [-0.2, 0) is 4.79 Å². The number of amides is 3. The predicted octanol–water partition coefficient (Wildman–Crippen LogP) is 2.43. The zero-order chi connectivity index (χ0) is 21.4. The fraction of sp³-hybridized carbons (Fsp3) is 0.619. The second-order valence-electron chi connectivity index (χ2n) is 7.84. The number of carbonyl (C=O) groups is 2. The van der Waals surface area contributed by atoms with Gasteiger partial charge in [-0.2, -0.15) is 0 Å². The number of benzene rings is 1. The minimum atomic E-state index is -0.612. The van der Waals surface area contributed by atoms with E-state index in [-0.39, 0.29) is 29.6 Å². The van der Waals surface area contributed by atoms with Crippen molar-refractivity contribution < 1.29 is 18.7 Å². The molecule has 162 valence electrons. The van der Waals surface area contributed by atoms with E-state index in [4.69, 9.17) is 4.74 Å². The van der Waals surface area contributed by atoms with E-state index < -0.39 is 6.04 Å². The van der Waals surface area contributed by atoms with Gasteiger partial charge in [0.15, 0.2) is 0 Å². The summed E-state index contributed by atoms with van der Waals surface area (Å²) < 4.78 is 19.8. The van der Waals surface area contributed by atoms with Crippen LogP contribution in [0.1, 0.15) is 44.6 Å². The van der Waals surface area contributed by atoms with Crippen molar-refractivity contribution in [3.63, 3.8) is 0 Å². The summed E-state index contributed by atoms with van der Waals surface area (Å²) in [6, 6.07) is 3.87. The van der Waals surface area contributed by atoms with Crippen LogP contribution in [0.4, 0.5) is 9.18 Å². The lowest BCUT2D eigenvalue weighted by Crippen LogP contribution is -2.54.